The molecule has 1 atom stereocenters. The average Bonchev–Trinajstić information content (AvgIpc) is 1.90. The zero-order valence-electron chi connectivity index (χ0n) is 5.61. The van der Waals surface area contributed by atoms with Crippen molar-refractivity contribution in [2.75, 3.05) is 0 Å². The Labute approximate surface area is 74.1 Å². The number of hydrogen-bond donors (Lipinski definition) is 0. The molecule has 0 radical (unpaired) electrons. The fourth-order valence-electron chi connectivity index (χ4n) is 0.532. The van der Waals surface area contributed by atoms with Crippen LogP contribution in [0.5, 0.6) is 0 Å². The number of rotatable bonds is 1. The van der Waals surface area contributed by atoms with Crippen LogP contribution in [0.25, 0.3) is 0 Å². The van der Waals surface area contributed by atoms with Crippen molar-refractivity contribution in [2.45, 2.75) is 4.90 Å². The summed E-state index contributed by atoms with van der Waals surface area (Å²) in [6.45, 7) is 0. The second-order valence-corrected chi connectivity index (χ2v) is 2.49. The van der Waals surface area contributed by atoms with Gasteiger partial charge in [-0.05, 0) is 23.2 Å². The molecule has 0 saturated heterocycles. The molecule has 0 saturated carbocycles. The van der Waals surface area contributed by atoms with E-state index in [1.165, 1.54) is 0 Å². The van der Waals surface area contributed by atoms with Crippen molar-refractivity contribution in [3.8, 4) is 0 Å². The van der Waals surface area contributed by atoms with Gasteiger partial charge in [-0.15, -0.1) is 0 Å². The van der Waals surface area contributed by atoms with Crippen LogP contribution in [0, 0.1) is 0 Å². The van der Waals surface area contributed by atoms with Gasteiger partial charge in [-0.1, -0.05) is 18.2 Å². The van der Waals surface area contributed by atoms with E-state index in [0.29, 0.717) is 4.90 Å². The molecule has 0 amide bonds. The molecule has 0 aliphatic carbocycles. The van der Waals surface area contributed by atoms with Crippen molar-refractivity contribution in [3.63, 3.8) is 0 Å². The van der Waals surface area contributed by atoms with Crippen LogP contribution >= 0.6 is 0 Å². The van der Waals surface area contributed by atoms with Gasteiger partial charge >= 0.3 is 18.9 Å². The Bertz CT molecular complexity index is 212. The van der Waals surface area contributed by atoms with Gasteiger partial charge in [0.15, 0.2) is 0 Å². The molecule has 1 aromatic carbocycles. The van der Waals surface area contributed by atoms with E-state index < -0.39 is 11.1 Å². The van der Waals surface area contributed by atoms with Gasteiger partial charge in [0, 0.05) is 4.90 Å². The van der Waals surface area contributed by atoms with Crippen LogP contribution in [0.1, 0.15) is 0 Å². The van der Waals surface area contributed by atoms with E-state index in [-0.39, 0.29) is 18.9 Å². The molecule has 1 rings (SSSR count). The monoisotopic (exact) mass is 148 g/mol. The van der Waals surface area contributed by atoms with Gasteiger partial charge in [0.2, 0.25) is 0 Å². The van der Waals surface area contributed by atoms with Crippen molar-refractivity contribution in [2.24, 2.45) is 0 Å². The van der Waals surface area contributed by atoms with Crippen LogP contribution in [0.15, 0.2) is 35.2 Å². The number of hydrogen-bond acceptors (Lipinski definition) is 2. The Hall–Kier alpha value is -0.0726. The minimum absolute atomic E-state index is 0. The second kappa shape index (κ2) is 4.70. The smallest absolute Gasteiger partial charge is 0.768 e. The molecular formula is C6H5LiO2S. The summed E-state index contributed by atoms with van der Waals surface area (Å²) in [6, 6.07) is 8.23. The van der Waals surface area contributed by atoms with E-state index in [1.807, 2.05) is 0 Å². The summed E-state index contributed by atoms with van der Waals surface area (Å²) in [7, 11) is 0. The van der Waals surface area contributed by atoms with Crippen molar-refractivity contribution in [1.29, 1.82) is 0 Å². The van der Waals surface area contributed by atoms with E-state index in [2.05, 4.69) is 0 Å². The molecule has 0 fully saturated rings. The first kappa shape index (κ1) is 9.93. The normalized spacial score (nSPS) is 11.7. The number of benzene rings is 1. The molecule has 0 bridgehead atoms. The van der Waals surface area contributed by atoms with Gasteiger partial charge in [-0.25, -0.2) is 0 Å². The molecule has 10 heavy (non-hydrogen) atoms. The Morgan fingerprint density at radius 2 is 1.70 bits per heavy atom. The van der Waals surface area contributed by atoms with Crippen molar-refractivity contribution in [3.05, 3.63) is 30.3 Å². The maximum absolute atomic E-state index is 10.2. The minimum Gasteiger partial charge on any atom is -0.768 e. The molecule has 1 aromatic rings. The Balaban J connectivity index is 0.000000810. The molecule has 0 heterocycles. The van der Waals surface area contributed by atoms with Gasteiger partial charge in [-0.3, -0.25) is 4.21 Å². The molecule has 0 aliphatic heterocycles. The summed E-state index contributed by atoms with van der Waals surface area (Å²) in [5.41, 5.74) is 0. The molecule has 0 aliphatic rings. The van der Waals surface area contributed by atoms with E-state index >= 15 is 0 Å². The van der Waals surface area contributed by atoms with E-state index in [1.54, 1.807) is 30.3 Å². The molecule has 2 nitrogen and oxygen atoms in total. The topological polar surface area (TPSA) is 40.1 Å². The molecule has 0 spiro atoms. The van der Waals surface area contributed by atoms with Gasteiger partial charge in [0.25, 0.3) is 0 Å². The fourth-order valence-corrected chi connectivity index (χ4v) is 0.911. The maximum atomic E-state index is 10.2. The van der Waals surface area contributed by atoms with Gasteiger partial charge in [0.1, 0.15) is 0 Å². The zero-order valence-corrected chi connectivity index (χ0v) is 6.43. The van der Waals surface area contributed by atoms with Crippen LogP contribution in [0.2, 0.25) is 0 Å². The summed E-state index contributed by atoms with van der Waals surface area (Å²) < 4.78 is 20.4. The molecule has 0 N–H and O–H groups in total. The minimum atomic E-state index is -2.08. The van der Waals surface area contributed by atoms with Crippen molar-refractivity contribution in [1.82, 2.24) is 0 Å². The molecule has 0 aromatic heterocycles. The SMILES string of the molecule is O=S([O-])c1ccccc1.[Li+]. The third-order valence-electron chi connectivity index (χ3n) is 0.936. The molecule has 48 valence electrons. The summed E-state index contributed by atoms with van der Waals surface area (Å²) in [5, 5.41) is 0. The first-order chi connectivity index (χ1) is 4.30. The average molecular weight is 148 g/mol. The fraction of sp³-hybridized carbons (Fsp3) is 0. The third kappa shape index (κ3) is 2.67. The summed E-state index contributed by atoms with van der Waals surface area (Å²) in [4.78, 5) is 0.331. The molecular weight excluding hydrogens is 143 g/mol. The van der Waals surface area contributed by atoms with E-state index in [9.17, 15) is 8.76 Å². The van der Waals surface area contributed by atoms with Gasteiger partial charge in [0.05, 0.1) is 0 Å². The Morgan fingerprint density at radius 1 is 1.20 bits per heavy atom. The van der Waals surface area contributed by atoms with Crippen LogP contribution in [-0.2, 0) is 11.1 Å². The van der Waals surface area contributed by atoms with Gasteiger partial charge < -0.3 is 4.55 Å². The summed E-state index contributed by atoms with van der Waals surface area (Å²) in [5.74, 6) is 0. The van der Waals surface area contributed by atoms with Crippen LogP contribution in [0.4, 0.5) is 0 Å². The van der Waals surface area contributed by atoms with Crippen LogP contribution < -0.4 is 18.9 Å². The van der Waals surface area contributed by atoms with E-state index in [4.69, 9.17) is 0 Å². The van der Waals surface area contributed by atoms with Crippen LogP contribution in [0.3, 0.4) is 0 Å². The largest absolute Gasteiger partial charge is 1.00 e. The Morgan fingerprint density at radius 3 is 2.00 bits per heavy atom. The quantitative estimate of drug-likeness (QED) is 0.339. The first-order valence-electron chi connectivity index (χ1n) is 2.45. The molecule has 1 unspecified atom stereocenters. The van der Waals surface area contributed by atoms with Crippen molar-refractivity contribution < 1.29 is 27.6 Å². The third-order valence-corrected chi connectivity index (χ3v) is 1.59. The first-order valence-corrected chi connectivity index (χ1v) is 3.52. The predicted octanol–water partition coefficient (Wildman–Crippen LogP) is -2.07. The Kier molecular flexibility index (Phi) is 4.66. The predicted molar refractivity (Wildman–Crippen MR) is 33.6 cm³/mol. The van der Waals surface area contributed by atoms with Crippen LogP contribution in [-0.4, -0.2) is 8.76 Å². The summed E-state index contributed by atoms with van der Waals surface area (Å²) in [6.07, 6.45) is 0. The zero-order chi connectivity index (χ0) is 6.69. The van der Waals surface area contributed by atoms with Crippen molar-refractivity contribution >= 4 is 11.1 Å². The molecule has 4 heteroatoms. The standard InChI is InChI=1S/C6H6O2S.Li/c7-9(8)6-4-2-1-3-5-6;/h1-5H,(H,7,8);/q;+1/p-1. The second-order valence-electron chi connectivity index (χ2n) is 1.55. The summed E-state index contributed by atoms with van der Waals surface area (Å²) >= 11 is -2.08. The van der Waals surface area contributed by atoms with Gasteiger partial charge in [-0.2, -0.15) is 0 Å². The maximum Gasteiger partial charge on any atom is 1.00 e. The van der Waals surface area contributed by atoms with E-state index in [0.717, 1.165) is 0 Å².